The fourth-order valence-corrected chi connectivity index (χ4v) is 2.11. The summed E-state index contributed by atoms with van der Waals surface area (Å²) in [5, 5.41) is 6.64. The van der Waals surface area contributed by atoms with Crippen molar-refractivity contribution in [1.82, 2.24) is 9.97 Å². The van der Waals surface area contributed by atoms with Gasteiger partial charge in [-0.05, 0) is 38.8 Å². The Hall–Kier alpha value is -2.10. The number of hydrogen-bond acceptors (Lipinski definition) is 4. The Morgan fingerprint density at radius 1 is 1.10 bits per heavy atom. The third-order valence-corrected chi connectivity index (χ3v) is 3.37. The Balaban J connectivity index is 1.85. The van der Waals surface area contributed by atoms with Crippen molar-refractivity contribution in [3.8, 4) is 0 Å². The third kappa shape index (κ3) is 3.07. The molecule has 4 heteroatoms. The maximum atomic E-state index is 4.63. The van der Waals surface area contributed by atoms with Crippen LogP contribution in [0.1, 0.15) is 37.1 Å². The highest BCUT2D eigenvalue weighted by Crippen LogP contribution is 2.39. The topological polar surface area (TPSA) is 49.8 Å². The highest BCUT2D eigenvalue weighted by Gasteiger charge is 2.27. The van der Waals surface area contributed by atoms with Crippen LogP contribution in [0.25, 0.3) is 0 Å². The Bertz CT molecular complexity index is 588. The molecule has 104 valence electrons. The minimum atomic E-state index is 0.548. The largest absolute Gasteiger partial charge is 0.370 e. The lowest BCUT2D eigenvalue weighted by atomic mass is 10.2. The molecule has 0 bridgehead atoms. The van der Waals surface area contributed by atoms with Gasteiger partial charge in [0.15, 0.2) is 0 Å². The molecule has 1 aliphatic rings. The summed E-state index contributed by atoms with van der Waals surface area (Å²) >= 11 is 0. The predicted molar refractivity (Wildman–Crippen MR) is 82.6 cm³/mol. The van der Waals surface area contributed by atoms with E-state index in [4.69, 9.17) is 0 Å². The van der Waals surface area contributed by atoms with Gasteiger partial charge in [0.25, 0.3) is 0 Å². The molecule has 0 saturated heterocycles. The molecule has 3 rings (SSSR count). The third-order valence-electron chi connectivity index (χ3n) is 3.37. The number of benzene rings is 1. The molecule has 0 atom stereocenters. The number of nitrogens with zero attached hydrogens (tertiary/aromatic N) is 2. The average Bonchev–Trinajstić information content (AvgIpc) is 3.26. The van der Waals surface area contributed by atoms with Gasteiger partial charge in [0.2, 0.25) is 0 Å². The van der Waals surface area contributed by atoms with Crippen LogP contribution in [-0.4, -0.2) is 16.5 Å². The van der Waals surface area contributed by atoms with E-state index in [1.807, 2.05) is 6.07 Å². The summed E-state index contributed by atoms with van der Waals surface area (Å²) in [5.74, 6) is 3.27. The van der Waals surface area contributed by atoms with Gasteiger partial charge in [0.1, 0.15) is 17.5 Å². The van der Waals surface area contributed by atoms with Crippen molar-refractivity contribution in [3.05, 3.63) is 41.7 Å². The number of rotatable bonds is 5. The van der Waals surface area contributed by atoms with Crippen molar-refractivity contribution < 1.29 is 0 Å². The van der Waals surface area contributed by atoms with Crippen LogP contribution in [0.15, 0.2) is 30.3 Å². The molecule has 20 heavy (non-hydrogen) atoms. The van der Waals surface area contributed by atoms with E-state index >= 15 is 0 Å². The zero-order chi connectivity index (χ0) is 13.9. The lowest BCUT2D eigenvalue weighted by Gasteiger charge is -2.10. The van der Waals surface area contributed by atoms with Gasteiger partial charge in [-0.2, -0.15) is 0 Å². The quantitative estimate of drug-likeness (QED) is 0.865. The fraction of sp³-hybridized carbons (Fsp3) is 0.375. The average molecular weight is 268 g/mol. The van der Waals surface area contributed by atoms with E-state index in [-0.39, 0.29) is 0 Å². The van der Waals surface area contributed by atoms with Crippen molar-refractivity contribution in [2.24, 2.45) is 0 Å². The van der Waals surface area contributed by atoms with Crippen LogP contribution < -0.4 is 10.6 Å². The van der Waals surface area contributed by atoms with E-state index in [0.29, 0.717) is 5.92 Å². The molecule has 4 nitrogen and oxygen atoms in total. The molecule has 0 amide bonds. The Morgan fingerprint density at radius 2 is 1.80 bits per heavy atom. The van der Waals surface area contributed by atoms with Crippen molar-refractivity contribution in [1.29, 1.82) is 0 Å². The van der Waals surface area contributed by atoms with Gasteiger partial charge in [-0.3, -0.25) is 0 Å². The Labute approximate surface area is 119 Å². The van der Waals surface area contributed by atoms with Crippen LogP contribution in [0.4, 0.5) is 17.3 Å². The highest BCUT2D eigenvalue weighted by molar-refractivity contribution is 5.59. The molecule has 1 aromatic carbocycles. The maximum absolute atomic E-state index is 4.63. The minimum Gasteiger partial charge on any atom is -0.370 e. The fourth-order valence-electron chi connectivity index (χ4n) is 2.11. The molecule has 1 aliphatic carbocycles. The molecular formula is C16H20N4. The molecule has 0 spiro atoms. The second kappa shape index (κ2) is 5.49. The zero-order valence-corrected chi connectivity index (χ0v) is 12.0. The molecule has 1 aromatic heterocycles. The first-order valence-corrected chi connectivity index (χ1v) is 7.21. The van der Waals surface area contributed by atoms with E-state index in [2.05, 4.69) is 58.7 Å². The number of aryl methyl sites for hydroxylation is 1. The minimum absolute atomic E-state index is 0.548. The summed E-state index contributed by atoms with van der Waals surface area (Å²) in [7, 11) is 0. The van der Waals surface area contributed by atoms with Gasteiger partial charge >= 0.3 is 0 Å². The zero-order valence-electron chi connectivity index (χ0n) is 12.0. The number of hydrogen-bond donors (Lipinski definition) is 2. The van der Waals surface area contributed by atoms with E-state index in [1.54, 1.807) is 0 Å². The molecular weight excluding hydrogens is 248 g/mol. The molecule has 1 heterocycles. The summed E-state index contributed by atoms with van der Waals surface area (Å²) in [6.45, 7) is 5.03. The van der Waals surface area contributed by atoms with Crippen LogP contribution in [0, 0.1) is 6.92 Å². The van der Waals surface area contributed by atoms with Crippen LogP contribution >= 0.6 is 0 Å². The van der Waals surface area contributed by atoms with E-state index in [9.17, 15) is 0 Å². The summed E-state index contributed by atoms with van der Waals surface area (Å²) in [5.41, 5.74) is 2.31. The molecule has 0 aliphatic heterocycles. The normalized spacial score (nSPS) is 14.1. The van der Waals surface area contributed by atoms with E-state index in [0.717, 1.165) is 29.7 Å². The first kappa shape index (κ1) is 12.9. The first-order chi connectivity index (χ1) is 9.74. The van der Waals surface area contributed by atoms with Crippen molar-refractivity contribution in [2.45, 2.75) is 32.6 Å². The van der Waals surface area contributed by atoms with Crippen molar-refractivity contribution >= 4 is 17.3 Å². The SMILES string of the molecule is CCNc1cc(Nc2ccc(C)cc2)nc(C2CC2)n1. The lowest BCUT2D eigenvalue weighted by molar-refractivity contribution is 0.927. The predicted octanol–water partition coefficient (Wildman–Crippen LogP) is 3.84. The second-order valence-corrected chi connectivity index (χ2v) is 5.29. The van der Waals surface area contributed by atoms with Gasteiger partial charge in [-0.15, -0.1) is 0 Å². The van der Waals surface area contributed by atoms with Crippen LogP contribution in [0.2, 0.25) is 0 Å². The van der Waals surface area contributed by atoms with E-state index in [1.165, 1.54) is 18.4 Å². The summed E-state index contributed by atoms with van der Waals surface area (Å²) < 4.78 is 0. The highest BCUT2D eigenvalue weighted by atomic mass is 15.1. The summed E-state index contributed by atoms with van der Waals surface area (Å²) in [6.07, 6.45) is 2.42. The van der Waals surface area contributed by atoms with Crippen LogP contribution in [0.5, 0.6) is 0 Å². The molecule has 2 aromatic rings. The van der Waals surface area contributed by atoms with Gasteiger partial charge in [-0.25, -0.2) is 9.97 Å². The van der Waals surface area contributed by atoms with Gasteiger partial charge < -0.3 is 10.6 Å². The van der Waals surface area contributed by atoms with Crippen molar-refractivity contribution in [3.63, 3.8) is 0 Å². The molecule has 0 radical (unpaired) electrons. The van der Waals surface area contributed by atoms with Gasteiger partial charge in [-0.1, -0.05) is 17.7 Å². The monoisotopic (exact) mass is 268 g/mol. The molecule has 0 unspecified atom stereocenters. The van der Waals surface area contributed by atoms with Gasteiger partial charge in [0.05, 0.1) is 0 Å². The molecule has 1 saturated carbocycles. The summed E-state index contributed by atoms with van der Waals surface area (Å²) in [6, 6.07) is 10.3. The van der Waals surface area contributed by atoms with E-state index < -0.39 is 0 Å². The Kier molecular flexibility index (Phi) is 3.54. The maximum Gasteiger partial charge on any atom is 0.136 e. The smallest absolute Gasteiger partial charge is 0.136 e. The summed E-state index contributed by atoms with van der Waals surface area (Å²) in [4.78, 5) is 9.21. The molecule has 2 N–H and O–H groups in total. The van der Waals surface area contributed by atoms with Crippen molar-refractivity contribution in [2.75, 3.05) is 17.2 Å². The number of nitrogens with one attached hydrogen (secondary N) is 2. The van der Waals surface area contributed by atoms with Gasteiger partial charge in [0, 0.05) is 24.2 Å². The van der Waals surface area contributed by atoms with Crippen LogP contribution in [-0.2, 0) is 0 Å². The Morgan fingerprint density at radius 3 is 2.45 bits per heavy atom. The number of anilines is 3. The van der Waals surface area contributed by atoms with Crippen LogP contribution in [0.3, 0.4) is 0 Å². The number of aromatic nitrogens is 2. The standard InChI is InChI=1S/C16H20N4/c1-3-17-14-10-15(20-16(19-14)12-6-7-12)18-13-8-4-11(2)5-9-13/h4-5,8-10,12H,3,6-7H2,1-2H3,(H2,17,18,19,20). The molecule has 1 fully saturated rings. The second-order valence-electron chi connectivity index (χ2n) is 5.29. The lowest BCUT2D eigenvalue weighted by Crippen LogP contribution is -2.05. The first-order valence-electron chi connectivity index (χ1n) is 7.21.